The molecule has 1 N–H and O–H groups in total. The summed E-state index contributed by atoms with van der Waals surface area (Å²) in [7, 11) is 0. The number of rotatable bonds is 4. The first-order valence-corrected chi connectivity index (χ1v) is 11.4. The van der Waals surface area contributed by atoms with Crippen LogP contribution in [0.3, 0.4) is 0 Å². The Hall–Kier alpha value is -3.30. The van der Waals surface area contributed by atoms with E-state index in [1.165, 1.54) is 11.3 Å². The Morgan fingerprint density at radius 2 is 2.03 bits per heavy atom. The van der Waals surface area contributed by atoms with Crippen LogP contribution in [0.15, 0.2) is 48.0 Å². The highest BCUT2D eigenvalue weighted by Gasteiger charge is 2.24. The van der Waals surface area contributed by atoms with E-state index in [1.807, 2.05) is 43.5 Å². The second kappa shape index (κ2) is 8.09. The Balaban J connectivity index is 1.31. The molecule has 0 saturated heterocycles. The molecule has 0 unspecified atom stereocenters. The van der Waals surface area contributed by atoms with Gasteiger partial charge in [-0.1, -0.05) is 12.1 Å². The Kier molecular flexibility index (Phi) is 5.13. The van der Waals surface area contributed by atoms with Crippen molar-refractivity contribution < 1.29 is 9.53 Å². The quantitative estimate of drug-likeness (QED) is 0.469. The largest absolute Gasteiger partial charge is 0.490 e. The number of fused-ring (bicyclic) bond motifs is 1. The van der Waals surface area contributed by atoms with Crippen molar-refractivity contribution >= 4 is 45.2 Å². The summed E-state index contributed by atoms with van der Waals surface area (Å²) in [5, 5.41) is 7.00. The van der Waals surface area contributed by atoms with Gasteiger partial charge in [-0.3, -0.25) is 4.79 Å². The summed E-state index contributed by atoms with van der Waals surface area (Å²) in [5.74, 6) is 1.26. The molecule has 1 amide bonds. The SMILES string of the molecule is Cc1nc(C)c(-c2csc(Nc3ccc(C(=O)N4CCOc5ccccc54)cn3)n2)s1. The number of nitrogens with zero attached hydrogens (tertiary/aromatic N) is 4. The van der Waals surface area contributed by atoms with Crippen molar-refractivity contribution in [2.75, 3.05) is 23.4 Å². The van der Waals surface area contributed by atoms with Gasteiger partial charge in [0.1, 0.15) is 18.2 Å². The summed E-state index contributed by atoms with van der Waals surface area (Å²) in [6.45, 7) is 4.97. The van der Waals surface area contributed by atoms with Crippen LogP contribution in [0.1, 0.15) is 21.1 Å². The highest BCUT2D eigenvalue weighted by atomic mass is 32.1. The third-order valence-electron chi connectivity index (χ3n) is 4.86. The molecule has 0 atom stereocenters. The van der Waals surface area contributed by atoms with E-state index in [0.29, 0.717) is 24.5 Å². The number of benzene rings is 1. The van der Waals surface area contributed by atoms with Gasteiger partial charge in [-0.15, -0.1) is 22.7 Å². The van der Waals surface area contributed by atoms with Gasteiger partial charge >= 0.3 is 0 Å². The minimum absolute atomic E-state index is 0.0950. The van der Waals surface area contributed by atoms with Gasteiger partial charge in [-0.25, -0.2) is 15.0 Å². The molecule has 0 fully saturated rings. The molecule has 1 aromatic carbocycles. The number of hydrogen-bond acceptors (Lipinski definition) is 8. The third-order valence-corrected chi connectivity index (χ3v) is 6.71. The second-order valence-electron chi connectivity index (χ2n) is 7.02. The zero-order chi connectivity index (χ0) is 21.4. The first kappa shape index (κ1) is 19.7. The zero-order valence-corrected chi connectivity index (χ0v) is 18.6. The molecule has 156 valence electrons. The van der Waals surface area contributed by atoms with Crippen molar-refractivity contribution in [1.82, 2.24) is 15.0 Å². The molecule has 5 rings (SSSR count). The maximum atomic E-state index is 13.0. The summed E-state index contributed by atoms with van der Waals surface area (Å²) in [5.41, 5.74) is 3.21. The van der Waals surface area contributed by atoms with Gasteiger partial charge in [-0.2, -0.15) is 0 Å². The number of para-hydroxylation sites is 2. The number of carbonyl (C=O) groups excluding carboxylic acids is 1. The highest BCUT2D eigenvalue weighted by Crippen LogP contribution is 2.33. The first-order chi connectivity index (χ1) is 15.1. The second-order valence-corrected chi connectivity index (χ2v) is 9.08. The average Bonchev–Trinajstić information content (AvgIpc) is 3.38. The lowest BCUT2D eigenvalue weighted by Gasteiger charge is -2.29. The predicted octanol–water partition coefficient (Wildman–Crippen LogP) is 5.06. The molecule has 0 saturated carbocycles. The van der Waals surface area contributed by atoms with Crippen molar-refractivity contribution in [2.45, 2.75) is 13.8 Å². The van der Waals surface area contributed by atoms with Gasteiger partial charge in [0, 0.05) is 11.6 Å². The van der Waals surface area contributed by atoms with E-state index in [1.54, 1.807) is 34.6 Å². The monoisotopic (exact) mass is 449 g/mol. The molecule has 7 nitrogen and oxygen atoms in total. The first-order valence-electron chi connectivity index (χ1n) is 9.75. The number of anilines is 3. The lowest BCUT2D eigenvalue weighted by molar-refractivity contribution is 0.0976. The van der Waals surface area contributed by atoms with Gasteiger partial charge in [-0.05, 0) is 38.1 Å². The van der Waals surface area contributed by atoms with Gasteiger partial charge in [0.15, 0.2) is 5.13 Å². The van der Waals surface area contributed by atoms with E-state index < -0.39 is 0 Å². The molecular weight excluding hydrogens is 430 g/mol. The van der Waals surface area contributed by atoms with Crippen LogP contribution in [-0.4, -0.2) is 34.0 Å². The lowest BCUT2D eigenvalue weighted by Crippen LogP contribution is -2.37. The number of thiazole rings is 2. The maximum absolute atomic E-state index is 13.0. The molecule has 0 radical (unpaired) electrons. The normalized spacial score (nSPS) is 12.9. The van der Waals surface area contributed by atoms with Gasteiger partial charge in [0.05, 0.1) is 39.1 Å². The van der Waals surface area contributed by atoms with Gasteiger partial charge in [0.2, 0.25) is 0 Å². The summed E-state index contributed by atoms with van der Waals surface area (Å²) in [6, 6.07) is 11.1. The van der Waals surface area contributed by atoms with Crippen LogP contribution < -0.4 is 15.0 Å². The van der Waals surface area contributed by atoms with E-state index in [2.05, 4.69) is 20.3 Å². The zero-order valence-electron chi connectivity index (χ0n) is 17.0. The number of ether oxygens (including phenoxy) is 1. The molecule has 1 aliphatic heterocycles. The number of amides is 1. The molecule has 4 heterocycles. The molecule has 0 aliphatic carbocycles. The van der Waals surface area contributed by atoms with Crippen LogP contribution in [0.25, 0.3) is 10.6 Å². The third kappa shape index (κ3) is 3.89. The molecule has 0 spiro atoms. The van der Waals surface area contributed by atoms with Crippen LogP contribution in [0.2, 0.25) is 0 Å². The minimum atomic E-state index is -0.0950. The minimum Gasteiger partial charge on any atom is -0.490 e. The van der Waals surface area contributed by atoms with Gasteiger partial charge in [0.25, 0.3) is 5.91 Å². The fourth-order valence-electron chi connectivity index (χ4n) is 3.44. The van der Waals surface area contributed by atoms with Crippen LogP contribution in [0, 0.1) is 13.8 Å². The number of nitrogens with one attached hydrogen (secondary N) is 1. The molecule has 4 aromatic rings. The molecule has 0 bridgehead atoms. The highest BCUT2D eigenvalue weighted by molar-refractivity contribution is 7.16. The van der Waals surface area contributed by atoms with E-state index in [-0.39, 0.29) is 5.91 Å². The van der Waals surface area contributed by atoms with Crippen molar-refractivity contribution in [3.63, 3.8) is 0 Å². The number of hydrogen-bond donors (Lipinski definition) is 1. The number of pyridine rings is 1. The Morgan fingerprint density at radius 3 is 2.81 bits per heavy atom. The average molecular weight is 450 g/mol. The number of carbonyl (C=O) groups is 1. The maximum Gasteiger partial charge on any atom is 0.260 e. The van der Waals surface area contributed by atoms with Crippen LogP contribution in [-0.2, 0) is 0 Å². The summed E-state index contributed by atoms with van der Waals surface area (Å²) >= 11 is 3.15. The smallest absolute Gasteiger partial charge is 0.260 e. The van der Waals surface area contributed by atoms with Gasteiger partial charge < -0.3 is 15.0 Å². The molecular formula is C22H19N5O2S2. The number of aryl methyl sites for hydroxylation is 2. The van der Waals surface area contributed by atoms with Crippen molar-refractivity contribution in [3.05, 3.63) is 64.2 Å². The van der Waals surface area contributed by atoms with E-state index in [9.17, 15) is 4.79 Å². The molecule has 31 heavy (non-hydrogen) atoms. The summed E-state index contributed by atoms with van der Waals surface area (Å²) in [4.78, 5) is 29.4. The fourth-order valence-corrected chi connectivity index (χ4v) is 5.11. The Labute approximate surface area is 187 Å². The Bertz CT molecular complexity index is 1250. The topological polar surface area (TPSA) is 80.2 Å². The van der Waals surface area contributed by atoms with Crippen LogP contribution in [0.5, 0.6) is 5.75 Å². The molecule has 9 heteroatoms. The van der Waals surface area contributed by atoms with Crippen LogP contribution >= 0.6 is 22.7 Å². The van der Waals surface area contributed by atoms with Crippen molar-refractivity contribution in [2.24, 2.45) is 0 Å². The standard InChI is InChI=1S/C22H19N5O2S2/c1-13-20(31-14(2)24-13)16-12-30-22(25-16)26-19-8-7-15(11-23-19)21(28)27-9-10-29-18-6-4-3-5-17(18)27/h3-8,11-12H,9-10H2,1-2H3,(H,23,25,26). The van der Waals surface area contributed by atoms with E-state index in [4.69, 9.17) is 4.74 Å². The summed E-state index contributed by atoms with van der Waals surface area (Å²) < 4.78 is 5.64. The Morgan fingerprint density at radius 1 is 1.16 bits per heavy atom. The molecule has 1 aliphatic rings. The van der Waals surface area contributed by atoms with E-state index >= 15 is 0 Å². The fraction of sp³-hybridized carbons (Fsp3) is 0.182. The van der Waals surface area contributed by atoms with Crippen LogP contribution in [0.4, 0.5) is 16.6 Å². The summed E-state index contributed by atoms with van der Waals surface area (Å²) in [6.07, 6.45) is 1.59. The lowest BCUT2D eigenvalue weighted by atomic mass is 10.2. The van der Waals surface area contributed by atoms with Crippen molar-refractivity contribution in [1.29, 1.82) is 0 Å². The molecule has 3 aromatic heterocycles. The number of aromatic nitrogens is 3. The van der Waals surface area contributed by atoms with E-state index in [0.717, 1.165) is 37.8 Å². The van der Waals surface area contributed by atoms with Crippen molar-refractivity contribution in [3.8, 4) is 16.3 Å². The predicted molar refractivity (Wildman–Crippen MR) is 124 cm³/mol.